The SMILES string of the molecule is Clc1ccc(C(Cl)(Cl)Cl)cc1C(Cl)(Cl)Cl. The van der Waals surface area contributed by atoms with Gasteiger partial charge in [-0.05, 0) is 12.1 Å². The molecule has 0 heterocycles. The fourth-order valence-electron chi connectivity index (χ4n) is 0.919. The Morgan fingerprint density at radius 1 is 0.800 bits per heavy atom. The van der Waals surface area contributed by atoms with Gasteiger partial charge in [0.05, 0.1) is 0 Å². The van der Waals surface area contributed by atoms with Gasteiger partial charge in [0.2, 0.25) is 7.59 Å². The van der Waals surface area contributed by atoms with Crippen LogP contribution in [0.4, 0.5) is 0 Å². The summed E-state index contributed by atoms with van der Waals surface area (Å²) in [6.45, 7) is 0. The van der Waals surface area contributed by atoms with E-state index in [1.165, 1.54) is 12.1 Å². The summed E-state index contributed by atoms with van der Waals surface area (Å²) in [6, 6.07) is 4.51. The van der Waals surface area contributed by atoms with Gasteiger partial charge < -0.3 is 0 Å². The Morgan fingerprint density at radius 2 is 1.33 bits per heavy atom. The fraction of sp³-hybridized carbons (Fsp3) is 0.250. The molecule has 0 N–H and O–H groups in total. The molecule has 7 heteroatoms. The Labute approximate surface area is 122 Å². The fourth-order valence-corrected chi connectivity index (χ4v) is 2.14. The molecule has 0 atom stereocenters. The van der Waals surface area contributed by atoms with Crippen LogP contribution in [0.15, 0.2) is 18.2 Å². The van der Waals surface area contributed by atoms with Crippen molar-refractivity contribution in [2.45, 2.75) is 7.59 Å². The van der Waals surface area contributed by atoms with Crippen LogP contribution in [0.25, 0.3) is 0 Å². The van der Waals surface area contributed by atoms with E-state index in [0.29, 0.717) is 10.6 Å². The minimum atomic E-state index is -1.65. The third kappa shape index (κ3) is 3.89. The van der Waals surface area contributed by atoms with Gasteiger partial charge in [-0.3, -0.25) is 0 Å². The highest BCUT2D eigenvalue weighted by Gasteiger charge is 2.30. The molecule has 0 aliphatic rings. The predicted octanol–water partition coefficient (Wildman–Crippen LogP) is 5.99. The van der Waals surface area contributed by atoms with E-state index in [1.54, 1.807) is 6.07 Å². The molecular weight excluding hydrogens is 344 g/mol. The lowest BCUT2D eigenvalue weighted by Gasteiger charge is -2.17. The smallest absolute Gasteiger partial charge is 0.0839 e. The Kier molecular flexibility index (Phi) is 4.63. The minimum absolute atomic E-state index is 0.276. The molecule has 1 aromatic carbocycles. The first-order valence-corrected chi connectivity index (χ1v) is 6.21. The average molecular weight is 347 g/mol. The lowest BCUT2D eigenvalue weighted by molar-refractivity contribution is 1.17. The monoisotopic (exact) mass is 344 g/mol. The number of hydrogen-bond donors (Lipinski definition) is 0. The molecule has 84 valence electrons. The second kappa shape index (κ2) is 4.86. The highest BCUT2D eigenvalue weighted by atomic mass is 35.6. The van der Waals surface area contributed by atoms with Gasteiger partial charge in [0, 0.05) is 16.1 Å². The van der Waals surface area contributed by atoms with Crippen LogP contribution in [0.5, 0.6) is 0 Å². The summed E-state index contributed by atoms with van der Waals surface area (Å²) in [5, 5.41) is 0.299. The first-order chi connectivity index (χ1) is 6.62. The number of benzene rings is 1. The summed E-state index contributed by atoms with van der Waals surface area (Å²) in [4.78, 5) is 0. The lowest BCUT2D eigenvalue weighted by Crippen LogP contribution is -2.06. The first kappa shape index (κ1) is 14.3. The Balaban J connectivity index is 3.30. The van der Waals surface area contributed by atoms with Crippen LogP contribution in [-0.4, -0.2) is 0 Å². The van der Waals surface area contributed by atoms with Crippen LogP contribution in [0.1, 0.15) is 11.1 Å². The zero-order valence-corrected chi connectivity index (χ0v) is 12.2. The summed E-state index contributed by atoms with van der Waals surface area (Å²) in [5.41, 5.74) is 0.663. The molecule has 0 fully saturated rings. The molecular formula is C8H3Cl7. The third-order valence-electron chi connectivity index (χ3n) is 1.60. The normalized spacial score (nSPS) is 13.0. The van der Waals surface area contributed by atoms with E-state index < -0.39 is 7.59 Å². The van der Waals surface area contributed by atoms with Crippen molar-refractivity contribution in [1.82, 2.24) is 0 Å². The van der Waals surface area contributed by atoms with Crippen molar-refractivity contribution in [1.29, 1.82) is 0 Å². The zero-order chi connectivity index (χ0) is 11.9. The molecule has 0 saturated heterocycles. The van der Waals surface area contributed by atoms with Crippen LogP contribution in [0.3, 0.4) is 0 Å². The van der Waals surface area contributed by atoms with Gasteiger partial charge in [0.25, 0.3) is 0 Å². The topological polar surface area (TPSA) is 0 Å². The molecule has 0 unspecified atom stereocenters. The van der Waals surface area contributed by atoms with Crippen molar-refractivity contribution < 1.29 is 0 Å². The van der Waals surface area contributed by atoms with Crippen molar-refractivity contribution in [3.63, 3.8) is 0 Å². The number of alkyl halides is 6. The largest absolute Gasteiger partial charge is 0.217 e. The van der Waals surface area contributed by atoms with E-state index in [9.17, 15) is 0 Å². The lowest BCUT2D eigenvalue weighted by atomic mass is 10.1. The van der Waals surface area contributed by atoms with Crippen LogP contribution in [-0.2, 0) is 7.59 Å². The third-order valence-corrected chi connectivity index (χ3v) is 3.19. The molecule has 0 saturated carbocycles. The van der Waals surface area contributed by atoms with Crippen molar-refractivity contribution in [2.75, 3.05) is 0 Å². The second-order valence-electron chi connectivity index (χ2n) is 2.69. The van der Waals surface area contributed by atoms with E-state index in [2.05, 4.69) is 0 Å². The number of halogens is 7. The van der Waals surface area contributed by atoms with Gasteiger partial charge in [0.15, 0.2) is 0 Å². The molecule has 15 heavy (non-hydrogen) atoms. The average Bonchev–Trinajstić information content (AvgIpc) is 2.00. The predicted molar refractivity (Wildman–Crippen MR) is 69.9 cm³/mol. The van der Waals surface area contributed by atoms with Crippen LogP contribution < -0.4 is 0 Å². The molecule has 0 amide bonds. The summed E-state index contributed by atoms with van der Waals surface area (Å²) in [6.07, 6.45) is 0. The summed E-state index contributed by atoms with van der Waals surface area (Å²) in [7, 11) is 0. The number of hydrogen-bond acceptors (Lipinski definition) is 0. The van der Waals surface area contributed by atoms with Gasteiger partial charge in [-0.1, -0.05) is 87.3 Å². The van der Waals surface area contributed by atoms with Crippen molar-refractivity contribution in [3.05, 3.63) is 34.3 Å². The van der Waals surface area contributed by atoms with Crippen molar-refractivity contribution in [2.24, 2.45) is 0 Å². The Bertz CT molecular complexity index is 360. The highest BCUT2D eigenvalue weighted by molar-refractivity contribution is 6.68. The molecule has 0 aliphatic heterocycles. The molecule has 1 aromatic rings. The maximum atomic E-state index is 5.85. The number of rotatable bonds is 0. The molecule has 0 bridgehead atoms. The summed E-state index contributed by atoms with van der Waals surface area (Å²) >= 11 is 40.0. The minimum Gasteiger partial charge on any atom is -0.0839 e. The summed E-state index contributed by atoms with van der Waals surface area (Å²) in [5.74, 6) is 0. The highest BCUT2D eigenvalue weighted by Crippen LogP contribution is 2.45. The molecule has 0 aliphatic carbocycles. The van der Waals surface area contributed by atoms with E-state index in [-0.39, 0.29) is 5.56 Å². The standard InChI is InChI=1S/C8H3Cl7/c9-6-2-1-4(7(10,11)12)3-5(6)8(13,14)15/h1-3H. The van der Waals surface area contributed by atoms with Gasteiger partial charge in [-0.15, -0.1) is 0 Å². The van der Waals surface area contributed by atoms with Gasteiger partial charge in [-0.2, -0.15) is 0 Å². The quantitative estimate of drug-likeness (QED) is 0.506. The second-order valence-corrected chi connectivity index (χ2v) is 7.66. The Hall–Kier alpha value is 1.25. The van der Waals surface area contributed by atoms with E-state index in [1.807, 2.05) is 0 Å². The molecule has 0 radical (unpaired) electrons. The molecule has 1 rings (SSSR count). The molecule has 0 aromatic heterocycles. The van der Waals surface area contributed by atoms with Crippen molar-refractivity contribution in [3.8, 4) is 0 Å². The Morgan fingerprint density at radius 3 is 1.73 bits per heavy atom. The van der Waals surface area contributed by atoms with Gasteiger partial charge >= 0.3 is 0 Å². The molecule has 0 nitrogen and oxygen atoms in total. The maximum absolute atomic E-state index is 5.85. The maximum Gasteiger partial charge on any atom is 0.217 e. The van der Waals surface area contributed by atoms with Crippen molar-refractivity contribution >= 4 is 81.2 Å². The van der Waals surface area contributed by atoms with Crippen LogP contribution in [0.2, 0.25) is 5.02 Å². The van der Waals surface area contributed by atoms with Gasteiger partial charge in [-0.25, -0.2) is 0 Å². The van der Waals surface area contributed by atoms with Crippen LogP contribution >= 0.6 is 81.2 Å². The molecule has 0 spiro atoms. The summed E-state index contributed by atoms with van der Waals surface area (Å²) < 4.78 is -3.22. The van der Waals surface area contributed by atoms with Gasteiger partial charge in [0.1, 0.15) is 0 Å². The zero-order valence-electron chi connectivity index (χ0n) is 6.88. The van der Waals surface area contributed by atoms with Crippen LogP contribution in [0, 0.1) is 0 Å². The first-order valence-electron chi connectivity index (χ1n) is 3.56. The van der Waals surface area contributed by atoms with E-state index in [0.717, 1.165) is 0 Å². The van der Waals surface area contributed by atoms with E-state index >= 15 is 0 Å². The van der Waals surface area contributed by atoms with E-state index in [4.69, 9.17) is 81.2 Å².